The van der Waals surface area contributed by atoms with Crippen molar-refractivity contribution in [1.82, 2.24) is 14.9 Å². The number of aryl methyl sites for hydroxylation is 1. The lowest BCUT2D eigenvalue weighted by molar-refractivity contribution is 0.447. The third kappa shape index (κ3) is 7.50. The first kappa shape index (κ1) is 26.3. The summed E-state index contributed by atoms with van der Waals surface area (Å²) < 4.78 is 27.0. The van der Waals surface area contributed by atoms with Crippen LogP contribution in [0.3, 0.4) is 0 Å². The lowest BCUT2D eigenvalue weighted by Crippen LogP contribution is -2.37. The van der Waals surface area contributed by atoms with Crippen LogP contribution in [-0.2, 0) is 29.4 Å². The second-order valence-electron chi connectivity index (χ2n) is 6.13. The van der Waals surface area contributed by atoms with Gasteiger partial charge in [-0.25, -0.2) is 8.42 Å². The SMILES string of the molecule is CCc1ccc(CNC(=NC)NCCc2ccc(S(=O)(=O)N(CC)CC)s2)s1.I. The van der Waals surface area contributed by atoms with Gasteiger partial charge in [0.25, 0.3) is 10.0 Å². The molecular formula is C19H31IN4O2S3. The molecule has 2 aromatic rings. The van der Waals surface area contributed by atoms with Crippen LogP contribution in [0.15, 0.2) is 33.5 Å². The van der Waals surface area contributed by atoms with Crippen LogP contribution in [0, 0.1) is 0 Å². The molecule has 0 radical (unpaired) electrons. The molecule has 0 amide bonds. The summed E-state index contributed by atoms with van der Waals surface area (Å²) in [7, 11) is -1.62. The van der Waals surface area contributed by atoms with E-state index >= 15 is 0 Å². The summed E-state index contributed by atoms with van der Waals surface area (Å²) in [6.45, 7) is 8.28. The molecule has 0 fully saturated rings. The summed E-state index contributed by atoms with van der Waals surface area (Å²) >= 11 is 3.16. The van der Waals surface area contributed by atoms with Crippen LogP contribution in [0.2, 0.25) is 0 Å². The van der Waals surface area contributed by atoms with Crippen LogP contribution in [0.1, 0.15) is 35.4 Å². The van der Waals surface area contributed by atoms with E-state index in [2.05, 4.69) is 34.7 Å². The molecular weight excluding hydrogens is 539 g/mol. The van der Waals surface area contributed by atoms with Crippen molar-refractivity contribution in [3.8, 4) is 0 Å². The number of rotatable bonds is 10. The summed E-state index contributed by atoms with van der Waals surface area (Å²) in [5, 5.41) is 6.61. The molecule has 2 heterocycles. The second-order valence-corrected chi connectivity index (χ2v) is 10.7. The van der Waals surface area contributed by atoms with Crippen LogP contribution in [0.25, 0.3) is 0 Å². The number of sulfonamides is 1. The summed E-state index contributed by atoms with van der Waals surface area (Å²) in [5.74, 6) is 0.749. The van der Waals surface area contributed by atoms with Crippen molar-refractivity contribution in [2.45, 2.75) is 44.4 Å². The molecule has 2 rings (SSSR count). The summed E-state index contributed by atoms with van der Waals surface area (Å²) in [6.07, 6.45) is 1.81. The minimum atomic E-state index is -3.37. The molecule has 2 aromatic heterocycles. The van der Waals surface area contributed by atoms with Crippen molar-refractivity contribution in [1.29, 1.82) is 0 Å². The molecule has 10 heteroatoms. The number of aliphatic imine (C=N–C) groups is 1. The van der Waals surface area contributed by atoms with E-state index in [-0.39, 0.29) is 24.0 Å². The Balaban J connectivity index is 0.00000420. The third-order valence-corrected chi connectivity index (χ3v) is 9.21. The predicted molar refractivity (Wildman–Crippen MR) is 135 cm³/mol. The molecule has 6 nitrogen and oxygen atoms in total. The van der Waals surface area contributed by atoms with Crippen LogP contribution >= 0.6 is 46.7 Å². The van der Waals surface area contributed by atoms with E-state index in [0.717, 1.165) is 30.2 Å². The predicted octanol–water partition coefficient (Wildman–Crippen LogP) is 3.93. The first-order chi connectivity index (χ1) is 13.4. The molecule has 2 N–H and O–H groups in total. The van der Waals surface area contributed by atoms with Gasteiger partial charge in [0.05, 0.1) is 6.54 Å². The highest BCUT2D eigenvalue weighted by atomic mass is 127. The maximum absolute atomic E-state index is 12.6. The van der Waals surface area contributed by atoms with Gasteiger partial charge in [0.15, 0.2) is 5.96 Å². The van der Waals surface area contributed by atoms with Crippen molar-refractivity contribution in [3.63, 3.8) is 0 Å². The molecule has 0 aromatic carbocycles. The maximum atomic E-state index is 12.6. The van der Waals surface area contributed by atoms with Gasteiger partial charge in [-0.3, -0.25) is 4.99 Å². The number of halogens is 1. The van der Waals surface area contributed by atoms with Gasteiger partial charge in [-0.1, -0.05) is 20.8 Å². The molecule has 0 spiro atoms. The molecule has 0 bridgehead atoms. The normalized spacial score (nSPS) is 12.1. The molecule has 0 unspecified atom stereocenters. The van der Waals surface area contributed by atoms with Gasteiger partial charge in [-0.05, 0) is 37.1 Å². The van der Waals surface area contributed by atoms with E-state index in [1.54, 1.807) is 13.1 Å². The zero-order chi connectivity index (χ0) is 20.6. The number of thiophene rings is 2. The molecule has 0 saturated heterocycles. The van der Waals surface area contributed by atoms with Crippen molar-refractivity contribution in [2.24, 2.45) is 4.99 Å². The van der Waals surface area contributed by atoms with Crippen molar-refractivity contribution in [3.05, 3.63) is 38.9 Å². The minimum absolute atomic E-state index is 0. The highest BCUT2D eigenvalue weighted by Crippen LogP contribution is 2.25. The van der Waals surface area contributed by atoms with Crippen LogP contribution < -0.4 is 10.6 Å². The largest absolute Gasteiger partial charge is 0.356 e. The monoisotopic (exact) mass is 570 g/mol. The molecule has 0 aliphatic carbocycles. The Kier molecular flexibility index (Phi) is 11.7. The average Bonchev–Trinajstić information content (AvgIpc) is 3.35. The molecule has 0 aliphatic rings. The maximum Gasteiger partial charge on any atom is 0.252 e. The second kappa shape index (κ2) is 12.9. The highest BCUT2D eigenvalue weighted by Gasteiger charge is 2.23. The van der Waals surface area contributed by atoms with Crippen molar-refractivity contribution >= 4 is 62.6 Å². The zero-order valence-corrected chi connectivity index (χ0v) is 22.2. The van der Waals surface area contributed by atoms with Crippen molar-refractivity contribution in [2.75, 3.05) is 26.7 Å². The Morgan fingerprint density at radius 2 is 1.66 bits per heavy atom. The number of nitrogens with one attached hydrogen (secondary N) is 2. The van der Waals surface area contributed by atoms with E-state index in [4.69, 9.17) is 0 Å². The van der Waals surface area contributed by atoms with Crippen molar-refractivity contribution < 1.29 is 8.42 Å². The van der Waals surface area contributed by atoms with Gasteiger partial charge < -0.3 is 10.6 Å². The summed E-state index contributed by atoms with van der Waals surface area (Å²) in [5.41, 5.74) is 0. The number of guanidine groups is 1. The van der Waals surface area contributed by atoms with Gasteiger partial charge in [0, 0.05) is 41.3 Å². The van der Waals surface area contributed by atoms with E-state index in [1.165, 1.54) is 25.4 Å². The smallest absolute Gasteiger partial charge is 0.252 e. The van der Waals surface area contributed by atoms with E-state index in [9.17, 15) is 8.42 Å². The van der Waals surface area contributed by atoms with Crippen LogP contribution in [0.5, 0.6) is 0 Å². The van der Waals surface area contributed by atoms with Gasteiger partial charge >= 0.3 is 0 Å². The number of hydrogen-bond acceptors (Lipinski definition) is 5. The molecule has 0 atom stereocenters. The molecule has 0 saturated carbocycles. The van der Waals surface area contributed by atoms with Crippen LogP contribution in [-0.4, -0.2) is 45.4 Å². The standard InChI is InChI=1S/C19H30N4O2S3.HI/c1-5-15-8-9-17(26-15)14-22-19(20-4)21-13-12-16-10-11-18(27-16)28(24,25)23(6-2)7-3;/h8-11H,5-7,12-14H2,1-4H3,(H2,20,21,22);1H. The fourth-order valence-electron chi connectivity index (χ4n) is 2.72. The average molecular weight is 571 g/mol. The molecule has 0 aliphatic heterocycles. The van der Waals surface area contributed by atoms with Gasteiger partial charge in [0.1, 0.15) is 4.21 Å². The Morgan fingerprint density at radius 3 is 2.24 bits per heavy atom. The fourth-order valence-corrected chi connectivity index (χ4v) is 6.59. The minimum Gasteiger partial charge on any atom is -0.356 e. The molecule has 29 heavy (non-hydrogen) atoms. The van der Waals surface area contributed by atoms with Gasteiger partial charge in [-0.2, -0.15) is 4.31 Å². The first-order valence-corrected chi connectivity index (χ1v) is 12.6. The van der Waals surface area contributed by atoms with Crippen LogP contribution in [0.4, 0.5) is 0 Å². The number of hydrogen-bond donors (Lipinski definition) is 2. The van der Waals surface area contributed by atoms with Gasteiger partial charge in [0.2, 0.25) is 0 Å². The Bertz CT molecular complexity index is 874. The zero-order valence-electron chi connectivity index (χ0n) is 17.4. The summed E-state index contributed by atoms with van der Waals surface area (Å²) in [4.78, 5) is 7.96. The lowest BCUT2D eigenvalue weighted by Gasteiger charge is -2.16. The topological polar surface area (TPSA) is 73.8 Å². The van der Waals surface area contributed by atoms with Gasteiger partial charge in [-0.15, -0.1) is 46.7 Å². The van der Waals surface area contributed by atoms with E-state index in [1.807, 2.05) is 31.3 Å². The fraction of sp³-hybridized carbons (Fsp3) is 0.526. The highest BCUT2D eigenvalue weighted by molar-refractivity contribution is 14.0. The van der Waals surface area contributed by atoms with E-state index in [0.29, 0.717) is 23.8 Å². The summed E-state index contributed by atoms with van der Waals surface area (Å²) in [6, 6.07) is 7.92. The number of nitrogens with zero attached hydrogens (tertiary/aromatic N) is 2. The molecule has 164 valence electrons. The lowest BCUT2D eigenvalue weighted by atomic mass is 10.3. The Morgan fingerprint density at radius 1 is 1.00 bits per heavy atom. The van der Waals surface area contributed by atoms with E-state index < -0.39 is 10.0 Å². The quantitative estimate of drug-likeness (QED) is 0.258. The Hall–Kier alpha value is -0.690. The third-order valence-electron chi connectivity index (χ3n) is 4.32. The Labute approximate surface area is 199 Å². The first-order valence-electron chi connectivity index (χ1n) is 9.55.